The van der Waals surface area contributed by atoms with Crippen molar-refractivity contribution >= 4 is 17.2 Å². The minimum absolute atomic E-state index is 0.442. The lowest BCUT2D eigenvalue weighted by Crippen LogP contribution is -2.96. The summed E-state index contributed by atoms with van der Waals surface area (Å²) in [5.41, 5.74) is 1.83. The second-order valence-corrected chi connectivity index (χ2v) is 38.8. The van der Waals surface area contributed by atoms with E-state index in [1.165, 1.54) is 0 Å². The zero-order chi connectivity index (χ0) is 67.0. The fourth-order valence-electron chi connectivity index (χ4n) is 15.1. The van der Waals surface area contributed by atoms with Crippen molar-refractivity contribution in [3.63, 3.8) is 0 Å². The molecule has 3 spiro atoms. The molecule has 2 N–H and O–H groups in total. The normalized spacial score (nSPS) is 29.9. The van der Waals surface area contributed by atoms with E-state index in [1.807, 2.05) is 13.8 Å². The Morgan fingerprint density at radius 1 is 0.315 bits per heavy atom. The summed E-state index contributed by atoms with van der Waals surface area (Å²) in [7, 11) is -4.85. The Kier molecular flexibility index (Phi) is 15.7. The van der Waals surface area contributed by atoms with Crippen molar-refractivity contribution < 1.29 is 56.3 Å². The highest BCUT2D eigenvalue weighted by Gasteiger charge is 3.05. The molecule has 4 atom stereocenters. The summed E-state index contributed by atoms with van der Waals surface area (Å²) in [6.45, 7) is 69.7. The molecule has 0 saturated carbocycles. The van der Waals surface area contributed by atoms with Crippen LogP contribution in [0.1, 0.15) is 283 Å². The van der Waals surface area contributed by atoms with Crippen molar-refractivity contribution in [1.82, 2.24) is 0 Å². The lowest BCUT2D eigenvalue weighted by Gasteiger charge is -2.82. The van der Waals surface area contributed by atoms with Crippen molar-refractivity contribution in [2.24, 2.45) is 16.2 Å². The summed E-state index contributed by atoms with van der Waals surface area (Å²) in [4.78, 5) is 0. The van der Waals surface area contributed by atoms with Crippen LogP contribution in [0.5, 0.6) is 0 Å². The predicted octanol–water partition coefficient (Wildman–Crippen LogP) is 18.9. The van der Waals surface area contributed by atoms with E-state index in [1.54, 1.807) is 0 Å². The molecule has 4 unspecified atom stereocenters. The summed E-state index contributed by atoms with van der Waals surface area (Å²) in [6.07, 6.45) is 0. The average Bonchev–Trinajstić information content (AvgIpc) is 0.599. The lowest BCUT2D eigenvalue weighted by atomic mass is 9.48. The summed E-state index contributed by atoms with van der Waals surface area (Å²) >= 11 is 0. The summed E-state index contributed by atoms with van der Waals surface area (Å²) in [6, 6.07) is 18.4. The van der Waals surface area contributed by atoms with Gasteiger partial charge in [-0.2, -0.15) is 0 Å². The Morgan fingerprint density at radius 2 is 0.573 bits per heavy atom. The Hall–Kier alpha value is -2.74. The van der Waals surface area contributed by atoms with Crippen LogP contribution in [0, 0.1) is 43.9 Å². The largest absolute Gasteiger partial charge is 0.396 e. The highest BCUT2D eigenvalue weighted by Crippen LogP contribution is 2.94. The number of hydrogen-bond donors (Lipinski definition) is 2. The van der Waals surface area contributed by atoms with Crippen molar-refractivity contribution in [3.8, 4) is 0 Å². The average molecular weight is 1270 g/mol. The van der Waals surface area contributed by atoms with Gasteiger partial charge in [-0.1, -0.05) is 251 Å². The monoisotopic (exact) mass is 1260 g/mol. The first-order chi connectivity index (χ1) is 40.0. The number of hydrogen-bond acceptors (Lipinski definition) is 12. The van der Waals surface area contributed by atoms with E-state index >= 15 is 0 Å². The molecule has 4 aromatic carbocycles. The van der Waals surface area contributed by atoms with E-state index in [0.29, 0.717) is 5.56 Å². The molecule has 0 aromatic heterocycles. The Balaban J connectivity index is 1.74. The van der Waals surface area contributed by atoms with Crippen molar-refractivity contribution in [3.05, 3.63) is 138 Å². The molecule has 8 aliphatic heterocycles. The molecule has 0 radical (unpaired) electrons. The van der Waals surface area contributed by atoms with Gasteiger partial charge in [0.2, 0.25) is 17.0 Å². The van der Waals surface area contributed by atoms with Crippen molar-refractivity contribution in [2.45, 2.75) is 300 Å². The molecule has 0 amide bonds. The first-order valence-electron chi connectivity index (χ1n) is 32.4. The minimum Gasteiger partial charge on any atom is -0.396 e. The molecule has 8 aliphatic rings. The molecule has 14 heteroatoms. The number of aliphatic hydroxyl groups excluding tert-OH is 2. The van der Waals surface area contributed by atoms with Crippen LogP contribution in [0.2, 0.25) is 0 Å². The van der Waals surface area contributed by atoms with Gasteiger partial charge in [0.25, 0.3) is 0 Å². The number of aliphatic hydroxyl groups is 2. The number of aryl methyl sites for hydroxylation is 4. The van der Waals surface area contributed by atoms with Crippen LogP contribution in [0.3, 0.4) is 0 Å². The molecule has 492 valence electrons. The molecule has 0 aliphatic carbocycles. The fourth-order valence-corrected chi connectivity index (χ4v) is 17.7. The van der Waals surface area contributed by atoms with E-state index in [0.717, 1.165) is 83.5 Å². The smallest absolute Gasteiger partial charge is 0.346 e. The van der Waals surface area contributed by atoms with E-state index in [2.05, 4.69) is 256 Å². The molecular weight excluding hydrogens is 1150 g/mol. The topological polar surface area (TPSA) is 133 Å². The van der Waals surface area contributed by atoms with Gasteiger partial charge in [-0.05, 0) is 140 Å². The third-order valence-electron chi connectivity index (χ3n) is 19.7. The predicted molar refractivity (Wildman–Crippen MR) is 356 cm³/mol. The quantitative estimate of drug-likeness (QED) is 0.163. The highest BCUT2D eigenvalue weighted by atomic mass is 31.2. The van der Waals surface area contributed by atoms with E-state index in [9.17, 15) is 19.7 Å². The SMILES string of the molecule is Cc1cc(C(C)(C)C)c(C2(C(C)(C)CO)OC3(c4c(C(C)(C)C)cc(C)cc4C(C)(C)C)OP4OC5(O4)OC4(C(C)(C)CO)OP6OC(O6)(O4)C53C(c3c(C(C)(C)C)cc(C)cc3C(C)(C)C)(c3c(C(C)(C)C)cc(C)cc3C(C)(C)C)O2)c(C(C)(C)C)c1. The first-order valence-corrected chi connectivity index (χ1v) is 34.6. The van der Waals surface area contributed by atoms with Gasteiger partial charge in [0.05, 0.1) is 18.6 Å². The van der Waals surface area contributed by atoms with Gasteiger partial charge in [0, 0.05) is 16.5 Å². The number of rotatable bonds is 8. The van der Waals surface area contributed by atoms with E-state index in [-0.39, 0.29) is 0 Å². The lowest BCUT2D eigenvalue weighted by molar-refractivity contribution is -0.736. The molecule has 8 saturated heterocycles. The highest BCUT2D eigenvalue weighted by molar-refractivity contribution is 7.43. The Bertz CT molecular complexity index is 3280. The molecule has 12 nitrogen and oxygen atoms in total. The van der Waals surface area contributed by atoms with Crippen LogP contribution in [0.15, 0.2) is 48.5 Å². The molecule has 4 aromatic rings. The number of benzene rings is 4. The maximum absolute atomic E-state index is 13.2. The summed E-state index contributed by atoms with van der Waals surface area (Å²) < 4.78 is 81.5. The molecular formula is C75H110O12P2. The van der Waals surface area contributed by atoms with Crippen LogP contribution in [0.25, 0.3) is 0 Å². The maximum Gasteiger partial charge on any atom is 0.346 e. The van der Waals surface area contributed by atoms with Gasteiger partial charge in [0.1, 0.15) is 0 Å². The number of ether oxygens (including phenoxy) is 4. The van der Waals surface area contributed by atoms with E-state index in [4.69, 9.17) is 36.6 Å². The van der Waals surface area contributed by atoms with Crippen molar-refractivity contribution in [1.29, 1.82) is 0 Å². The molecule has 8 fully saturated rings. The zero-order valence-electron chi connectivity index (χ0n) is 60.4. The van der Waals surface area contributed by atoms with Gasteiger partial charge in [-0.15, -0.1) is 0 Å². The van der Waals surface area contributed by atoms with Crippen LogP contribution in [-0.4, -0.2) is 41.3 Å². The van der Waals surface area contributed by atoms with Gasteiger partial charge in [0.15, 0.2) is 5.60 Å². The standard InChI is InChI=1S/C75H110O12P2/c1-43-33-47(59(5,6)7)55(48(34-43)60(8,9)10)69(56-49(61(11,12)13)35-44(2)36-50(56)62(14,15)16)72-71(58-53(65(23,24)25)39-46(4)40-54(58)66(26,27)28,82-88-84-74(72,85-88)80-73(68(31,32)42-77)81-75(72)86-89(83-73)87-75)79-70(78-69,67(29,30)41-76)57-51(63(17,18)19)37-45(3)38-52(57)64(20,21)22/h33-40,76-77H,41-42H2,1-32H3. The van der Waals surface area contributed by atoms with Crippen molar-refractivity contribution in [2.75, 3.05) is 13.2 Å². The molecule has 12 rings (SSSR count). The van der Waals surface area contributed by atoms with Gasteiger partial charge in [-0.3, -0.25) is 36.6 Å². The zero-order valence-corrected chi connectivity index (χ0v) is 62.2. The summed E-state index contributed by atoms with van der Waals surface area (Å²) in [5, 5.41) is 25.1. The Labute approximate surface area is 537 Å². The van der Waals surface area contributed by atoms with Gasteiger partial charge in [-0.25, -0.2) is 0 Å². The minimum atomic E-state index is -2.49. The van der Waals surface area contributed by atoms with Crippen LogP contribution < -0.4 is 0 Å². The van der Waals surface area contributed by atoms with Gasteiger partial charge >= 0.3 is 35.1 Å². The second-order valence-electron chi connectivity index (χ2n) is 36.8. The molecule has 8 heterocycles. The van der Waals surface area contributed by atoms with E-state index < -0.39 is 125 Å². The van der Waals surface area contributed by atoms with Crippen LogP contribution >= 0.6 is 17.2 Å². The van der Waals surface area contributed by atoms with Crippen LogP contribution in [0.4, 0.5) is 0 Å². The Morgan fingerprint density at radius 3 is 0.843 bits per heavy atom. The second kappa shape index (κ2) is 20.2. The third-order valence-corrected chi connectivity index (χ3v) is 22.1. The molecule has 5 bridgehead atoms. The maximum atomic E-state index is 13.2. The third kappa shape index (κ3) is 9.67. The van der Waals surface area contributed by atoms with Crippen LogP contribution in [-0.2, 0) is 107 Å². The summed E-state index contributed by atoms with van der Waals surface area (Å²) in [5.74, 6) is -11.6. The van der Waals surface area contributed by atoms with Gasteiger partial charge < -0.3 is 19.7 Å². The fraction of sp³-hybridized carbons (Fsp3) is 0.680. The molecule has 89 heavy (non-hydrogen) atoms. The first kappa shape index (κ1) is 69.1.